The number of hydrogen-bond acceptors (Lipinski definition) is 4. The molecule has 0 spiro atoms. The predicted octanol–water partition coefficient (Wildman–Crippen LogP) is 3.85. The first-order valence-corrected chi connectivity index (χ1v) is 8.57. The van der Waals surface area contributed by atoms with E-state index in [1.165, 1.54) is 12.4 Å². The lowest BCUT2D eigenvalue weighted by molar-refractivity contribution is -0.216. The van der Waals surface area contributed by atoms with Gasteiger partial charge in [-0.05, 0) is 26.8 Å². The van der Waals surface area contributed by atoms with Gasteiger partial charge in [0.25, 0.3) is 0 Å². The van der Waals surface area contributed by atoms with Crippen LogP contribution >= 0.6 is 11.6 Å². The quantitative estimate of drug-likeness (QED) is 0.754. The number of benzene rings is 1. The summed E-state index contributed by atoms with van der Waals surface area (Å²) in [6, 6.07) is 1.32. The number of nitrogens with one attached hydrogen (secondary N) is 1. The molecule has 1 N–H and O–H groups in total. The zero-order valence-electron chi connectivity index (χ0n) is 15.1. The number of aromatic nitrogens is 2. The van der Waals surface area contributed by atoms with E-state index < -0.39 is 46.8 Å². The van der Waals surface area contributed by atoms with E-state index in [0.717, 1.165) is 26.8 Å². The van der Waals surface area contributed by atoms with Gasteiger partial charge in [0.05, 0.1) is 10.6 Å². The fourth-order valence-corrected chi connectivity index (χ4v) is 3.22. The highest BCUT2D eigenvalue weighted by molar-refractivity contribution is 6.30. The van der Waals surface area contributed by atoms with Gasteiger partial charge in [-0.15, -0.1) is 0 Å². The van der Waals surface area contributed by atoms with E-state index in [-0.39, 0.29) is 16.4 Å². The molecule has 5 nitrogen and oxygen atoms in total. The van der Waals surface area contributed by atoms with Crippen LogP contribution < -0.4 is 5.32 Å². The molecule has 1 aromatic carbocycles. The van der Waals surface area contributed by atoms with E-state index >= 15 is 8.78 Å². The molecule has 1 amide bonds. The van der Waals surface area contributed by atoms with E-state index in [1.807, 2.05) is 0 Å². The molecule has 0 unspecified atom stereocenters. The highest BCUT2D eigenvalue weighted by Gasteiger charge is 2.64. The number of nitrogens with zero attached hydrogens (tertiary/aromatic N) is 2. The Morgan fingerprint density at radius 2 is 1.71 bits per heavy atom. The second-order valence-corrected chi connectivity index (χ2v) is 7.52. The first-order chi connectivity index (χ1) is 12.9. The monoisotopic (exact) mass is 417 g/mol. The lowest BCUT2D eigenvalue weighted by Crippen LogP contribution is -2.62. The van der Waals surface area contributed by atoms with Crippen LogP contribution in [0.2, 0.25) is 5.02 Å². The van der Waals surface area contributed by atoms with Gasteiger partial charge in [-0.1, -0.05) is 11.6 Å². The third-order valence-corrected chi connectivity index (χ3v) is 4.99. The third-order valence-electron chi connectivity index (χ3n) is 4.79. The third kappa shape index (κ3) is 3.12. The molecule has 2 heterocycles. The lowest BCUT2D eigenvalue weighted by atomic mass is 9.77. The summed E-state index contributed by atoms with van der Waals surface area (Å²) < 4.78 is 64.8. The zero-order chi connectivity index (χ0) is 20.9. The van der Waals surface area contributed by atoms with Crippen molar-refractivity contribution in [3.05, 3.63) is 46.7 Å². The highest BCUT2D eigenvalue weighted by atomic mass is 35.5. The van der Waals surface area contributed by atoms with E-state index in [9.17, 15) is 13.6 Å². The van der Waals surface area contributed by atoms with Gasteiger partial charge >= 0.3 is 5.92 Å². The van der Waals surface area contributed by atoms with Gasteiger partial charge in [0.1, 0.15) is 29.4 Å². The van der Waals surface area contributed by atoms with Crippen LogP contribution in [-0.4, -0.2) is 34.0 Å². The molecule has 0 bridgehead atoms. The standard InChI is InChI=1S/C18H16ClF4N3O2/c1-16(2)18(22,23)17(3,26-14(27)8-28-16)11-4-10(12(20)5-13(11)21)15-24-6-9(19)7-25-15/h4-7H,8H2,1-3H3,(H,26,27)/t17-/m1/s1. The molecule has 1 saturated heterocycles. The fourth-order valence-electron chi connectivity index (χ4n) is 3.12. The van der Waals surface area contributed by atoms with Crippen LogP contribution in [0.3, 0.4) is 0 Å². The molecule has 0 radical (unpaired) electrons. The summed E-state index contributed by atoms with van der Waals surface area (Å²) in [6.07, 6.45) is 2.38. The van der Waals surface area contributed by atoms with E-state index in [1.54, 1.807) is 0 Å². The summed E-state index contributed by atoms with van der Waals surface area (Å²) in [4.78, 5) is 19.7. The number of alkyl halides is 2. The second-order valence-electron chi connectivity index (χ2n) is 7.08. The molecular weight excluding hydrogens is 402 g/mol. The number of carbonyl (C=O) groups is 1. The van der Waals surface area contributed by atoms with Crippen molar-refractivity contribution in [2.75, 3.05) is 6.61 Å². The number of carbonyl (C=O) groups excluding carboxylic acids is 1. The van der Waals surface area contributed by atoms with Crippen LogP contribution in [0, 0.1) is 11.6 Å². The summed E-state index contributed by atoms with van der Waals surface area (Å²) >= 11 is 5.70. The summed E-state index contributed by atoms with van der Waals surface area (Å²) in [5, 5.41) is 2.31. The van der Waals surface area contributed by atoms with Crippen LogP contribution in [0.15, 0.2) is 24.5 Å². The predicted molar refractivity (Wildman–Crippen MR) is 92.9 cm³/mol. The molecule has 2 aromatic rings. The van der Waals surface area contributed by atoms with E-state index in [2.05, 4.69) is 15.3 Å². The summed E-state index contributed by atoms with van der Waals surface area (Å²) in [6.45, 7) is 2.52. The van der Waals surface area contributed by atoms with Crippen molar-refractivity contribution < 1.29 is 27.1 Å². The Labute approximate surface area is 163 Å². The molecule has 1 fully saturated rings. The maximum absolute atomic E-state index is 15.4. The van der Waals surface area contributed by atoms with Gasteiger partial charge in [0.15, 0.2) is 5.82 Å². The Morgan fingerprint density at radius 1 is 1.11 bits per heavy atom. The summed E-state index contributed by atoms with van der Waals surface area (Å²) in [5.74, 6) is -7.10. The summed E-state index contributed by atoms with van der Waals surface area (Å²) in [7, 11) is 0. The van der Waals surface area contributed by atoms with Crippen LogP contribution in [0.1, 0.15) is 26.3 Å². The number of rotatable bonds is 2. The Hall–Kier alpha value is -2.26. The molecule has 1 aliphatic heterocycles. The topological polar surface area (TPSA) is 64.1 Å². The zero-order valence-corrected chi connectivity index (χ0v) is 15.9. The Morgan fingerprint density at radius 3 is 2.32 bits per heavy atom. The Bertz CT molecular complexity index is 937. The van der Waals surface area contributed by atoms with Crippen molar-refractivity contribution in [1.29, 1.82) is 0 Å². The van der Waals surface area contributed by atoms with E-state index in [0.29, 0.717) is 6.07 Å². The molecule has 0 saturated carbocycles. The smallest absolute Gasteiger partial charge is 0.302 e. The Kier molecular flexibility index (Phi) is 4.87. The molecule has 1 aliphatic rings. The van der Waals surface area contributed by atoms with Crippen LogP contribution in [0.4, 0.5) is 17.6 Å². The highest BCUT2D eigenvalue weighted by Crippen LogP contribution is 2.48. The summed E-state index contributed by atoms with van der Waals surface area (Å²) in [5.41, 5.74) is -5.58. The normalized spacial score (nSPS) is 23.8. The largest absolute Gasteiger partial charge is 0.359 e. The van der Waals surface area contributed by atoms with Crippen LogP contribution in [0.5, 0.6) is 0 Å². The average Bonchev–Trinajstić information content (AvgIpc) is 2.65. The second kappa shape index (κ2) is 6.66. The molecule has 0 aliphatic carbocycles. The first kappa shape index (κ1) is 20.5. The average molecular weight is 418 g/mol. The number of amides is 1. The van der Waals surface area contributed by atoms with Gasteiger partial charge < -0.3 is 10.1 Å². The maximum atomic E-state index is 15.4. The van der Waals surface area contributed by atoms with Crippen molar-refractivity contribution >= 4 is 17.5 Å². The van der Waals surface area contributed by atoms with Gasteiger partial charge in [0.2, 0.25) is 5.91 Å². The molecule has 1 atom stereocenters. The molecular formula is C18H16ClF4N3O2. The minimum atomic E-state index is -3.76. The van der Waals surface area contributed by atoms with Crippen molar-refractivity contribution in [2.45, 2.75) is 37.8 Å². The van der Waals surface area contributed by atoms with Crippen molar-refractivity contribution in [1.82, 2.24) is 15.3 Å². The molecule has 28 heavy (non-hydrogen) atoms. The van der Waals surface area contributed by atoms with Crippen molar-refractivity contribution in [3.8, 4) is 11.4 Å². The number of halogens is 5. The molecule has 10 heteroatoms. The lowest BCUT2D eigenvalue weighted by Gasteiger charge is -2.43. The fraction of sp³-hybridized carbons (Fsp3) is 0.389. The minimum Gasteiger partial charge on any atom is -0.359 e. The van der Waals surface area contributed by atoms with E-state index in [4.69, 9.17) is 16.3 Å². The molecule has 3 rings (SSSR count). The SMILES string of the molecule is CC1(C)OCC(=O)N[C@](C)(c2cc(-c3ncc(Cl)cn3)c(F)cc2F)C1(F)F. The van der Waals surface area contributed by atoms with Crippen molar-refractivity contribution in [2.24, 2.45) is 0 Å². The van der Waals surface area contributed by atoms with Crippen LogP contribution in [0.25, 0.3) is 11.4 Å². The van der Waals surface area contributed by atoms with Gasteiger partial charge in [-0.2, -0.15) is 0 Å². The Balaban J connectivity index is 2.24. The van der Waals surface area contributed by atoms with Gasteiger partial charge in [0, 0.05) is 24.0 Å². The van der Waals surface area contributed by atoms with Crippen LogP contribution in [-0.2, 0) is 15.1 Å². The maximum Gasteiger partial charge on any atom is 0.302 e. The van der Waals surface area contributed by atoms with Gasteiger partial charge in [-0.25, -0.2) is 27.5 Å². The molecule has 150 valence electrons. The van der Waals surface area contributed by atoms with Gasteiger partial charge in [-0.3, -0.25) is 4.79 Å². The molecule has 1 aromatic heterocycles. The minimum absolute atomic E-state index is 0.175. The number of ether oxygens (including phenoxy) is 1. The van der Waals surface area contributed by atoms with Crippen molar-refractivity contribution in [3.63, 3.8) is 0 Å². The first-order valence-electron chi connectivity index (χ1n) is 8.19. The number of hydrogen-bond donors (Lipinski definition) is 1.